The van der Waals surface area contributed by atoms with Crippen LogP contribution in [0.3, 0.4) is 0 Å². The van der Waals surface area contributed by atoms with Crippen molar-refractivity contribution in [3.8, 4) is 0 Å². The van der Waals surface area contributed by atoms with Gasteiger partial charge in [0, 0.05) is 27.8 Å². The van der Waals surface area contributed by atoms with Crippen LogP contribution in [0.1, 0.15) is 6.99 Å². The van der Waals surface area contributed by atoms with E-state index >= 15 is 0 Å². The summed E-state index contributed by atoms with van der Waals surface area (Å²) in [6, 6.07) is 8.46. The van der Waals surface area contributed by atoms with Crippen LogP contribution in [-0.2, 0) is 6.54 Å². The van der Waals surface area contributed by atoms with E-state index in [9.17, 15) is 0 Å². The zero-order valence-electron chi connectivity index (χ0n) is 8.25. The number of hydrogen-bond acceptors (Lipinski definition) is 2. The molecule has 0 spiro atoms. The standard InChI is InChI=1S/C11H16N2.H2/c1-4-12-9-10-5-7-11(8-6-10)13(2)3;/h4-8,12H,1,9H2,2-3H3;1H. The summed E-state index contributed by atoms with van der Waals surface area (Å²) in [5, 5.41) is 3.06. The van der Waals surface area contributed by atoms with Gasteiger partial charge in [-0.15, -0.1) is 0 Å². The third kappa shape index (κ3) is 2.82. The highest BCUT2D eigenvalue weighted by Gasteiger charge is 1.94. The maximum absolute atomic E-state index is 3.60. The van der Waals surface area contributed by atoms with Crippen molar-refractivity contribution >= 4 is 5.69 Å². The van der Waals surface area contributed by atoms with Crippen molar-refractivity contribution in [2.24, 2.45) is 0 Å². The molecule has 1 N–H and O–H groups in total. The van der Waals surface area contributed by atoms with Crippen molar-refractivity contribution in [2.45, 2.75) is 6.54 Å². The van der Waals surface area contributed by atoms with Crippen LogP contribution in [-0.4, -0.2) is 14.1 Å². The average molecular weight is 178 g/mol. The maximum atomic E-state index is 3.60. The summed E-state index contributed by atoms with van der Waals surface area (Å²) in [5.74, 6) is 0. The van der Waals surface area contributed by atoms with Crippen LogP contribution in [0.25, 0.3) is 0 Å². The molecule has 0 bridgehead atoms. The Morgan fingerprint density at radius 1 is 1.38 bits per heavy atom. The van der Waals surface area contributed by atoms with Gasteiger partial charge in [0.25, 0.3) is 0 Å². The Bertz CT molecular complexity index is 267. The quantitative estimate of drug-likeness (QED) is 0.760. The lowest BCUT2D eigenvalue weighted by Crippen LogP contribution is -2.09. The number of benzene rings is 1. The van der Waals surface area contributed by atoms with Gasteiger partial charge in [0.05, 0.1) is 0 Å². The molecule has 0 aliphatic rings. The van der Waals surface area contributed by atoms with Gasteiger partial charge in [-0.25, -0.2) is 0 Å². The van der Waals surface area contributed by atoms with Crippen molar-refractivity contribution in [3.63, 3.8) is 0 Å². The van der Waals surface area contributed by atoms with E-state index < -0.39 is 0 Å². The zero-order chi connectivity index (χ0) is 9.68. The second-order valence-electron chi connectivity index (χ2n) is 3.15. The van der Waals surface area contributed by atoms with Gasteiger partial charge in [0.2, 0.25) is 0 Å². The van der Waals surface area contributed by atoms with E-state index in [-0.39, 0.29) is 1.43 Å². The Morgan fingerprint density at radius 2 is 2.00 bits per heavy atom. The lowest BCUT2D eigenvalue weighted by atomic mass is 10.2. The monoisotopic (exact) mass is 178 g/mol. The molecule has 0 aliphatic heterocycles. The van der Waals surface area contributed by atoms with Crippen LogP contribution in [0.15, 0.2) is 37.0 Å². The summed E-state index contributed by atoms with van der Waals surface area (Å²) >= 11 is 0. The molecule has 0 aromatic heterocycles. The third-order valence-electron chi connectivity index (χ3n) is 1.90. The number of rotatable bonds is 4. The first-order valence-corrected chi connectivity index (χ1v) is 4.34. The molecule has 0 heterocycles. The second kappa shape index (κ2) is 4.55. The lowest BCUT2D eigenvalue weighted by Gasteiger charge is -2.12. The highest BCUT2D eigenvalue weighted by atomic mass is 15.1. The predicted octanol–water partition coefficient (Wildman–Crippen LogP) is 2.23. The molecule has 1 rings (SSSR count). The minimum atomic E-state index is 0. The van der Waals surface area contributed by atoms with Crippen LogP contribution in [0.4, 0.5) is 5.69 Å². The van der Waals surface area contributed by atoms with Gasteiger partial charge in [0.15, 0.2) is 0 Å². The van der Waals surface area contributed by atoms with Crippen molar-refractivity contribution < 1.29 is 1.43 Å². The first-order valence-electron chi connectivity index (χ1n) is 4.34. The maximum Gasteiger partial charge on any atom is 0.0395 e. The van der Waals surface area contributed by atoms with E-state index in [2.05, 4.69) is 41.1 Å². The van der Waals surface area contributed by atoms with Crippen LogP contribution in [0, 0.1) is 0 Å². The van der Waals surface area contributed by atoms with E-state index in [1.165, 1.54) is 11.3 Å². The first-order chi connectivity index (χ1) is 6.24. The molecule has 2 nitrogen and oxygen atoms in total. The van der Waals surface area contributed by atoms with Gasteiger partial charge in [-0.3, -0.25) is 0 Å². The van der Waals surface area contributed by atoms with E-state index in [0.717, 1.165) is 6.54 Å². The molecule has 2 heteroatoms. The fourth-order valence-electron chi connectivity index (χ4n) is 1.10. The molecule has 1 aromatic carbocycles. The predicted molar refractivity (Wildman–Crippen MR) is 59.9 cm³/mol. The fourth-order valence-corrected chi connectivity index (χ4v) is 1.10. The fraction of sp³-hybridized carbons (Fsp3) is 0.273. The topological polar surface area (TPSA) is 15.3 Å². The average Bonchev–Trinajstić information content (AvgIpc) is 2.15. The lowest BCUT2D eigenvalue weighted by molar-refractivity contribution is 0.872. The van der Waals surface area contributed by atoms with E-state index in [1.54, 1.807) is 6.20 Å². The largest absolute Gasteiger partial charge is 0.387 e. The van der Waals surface area contributed by atoms with Crippen molar-refractivity contribution in [1.29, 1.82) is 0 Å². The molecule has 0 radical (unpaired) electrons. The molecular weight excluding hydrogens is 160 g/mol. The molecule has 0 unspecified atom stereocenters. The molecule has 0 amide bonds. The second-order valence-corrected chi connectivity index (χ2v) is 3.15. The summed E-state index contributed by atoms with van der Waals surface area (Å²) in [7, 11) is 4.08. The van der Waals surface area contributed by atoms with Gasteiger partial charge in [-0.2, -0.15) is 0 Å². The van der Waals surface area contributed by atoms with Gasteiger partial charge >= 0.3 is 0 Å². The Hall–Kier alpha value is -1.44. The molecule has 0 atom stereocenters. The molecular formula is C11H18N2. The molecule has 0 saturated carbocycles. The van der Waals surface area contributed by atoms with Gasteiger partial charge < -0.3 is 10.2 Å². The van der Waals surface area contributed by atoms with Crippen molar-refractivity contribution in [3.05, 3.63) is 42.6 Å². The SMILES string of the molecule is C=CNCc1ccc(N(C)C)cc1.[HH]. The molecule has 0 saturated heterocycles. The Balaban J connectivity index is 0.00000169. The van der Waals surface area contributed by atoms with Crippen molar-refractivity contribution in [2.75, 3.05) is 19.0 Å². The van der Waals surface area contributed by atoms with Crippen LogP contribution in [0.2, 0.25) is 0 Å². The Labute approximate surface area is 81.4 Å². The normalized spacial score (nSPS) is 9.38. The highest BCUT2D eigenvalue weighted by molar-refractivity contribution is 5.45. The highest BCUT2D eigenvalue weighted by Crippen LogP contribution is 2.11. The minimum Gasteiger partial charge on any atom is -0.387 e. The van der Waals surface area contributed by atoms with Crippen molar-refractivity contribution in [1.82, 2.24) is 5.32 Å². The van der Waals surface area contributed by atoms with E-state index in [0.29, 0.717) is 0 Å². The van der Waals surface area contributed by atoms with E-state index in [1.807, 2.05) is 14.1 Å². The number of nitrogens with one attached hydrogen (secondary N) is 1. The smallest absolute Gasteiger partial charge is 0.0395 e. The number of nitrogens with zero attached hydrogens (tertiary/aromatic N) is 1. The third-order valence-corrected chi connectivity index (χ3v) is 1.90. The molecule has 0 fully saturated rings. The summed E-state index contributed by atoms with van der Waals surface area (Å²) in [6.45, 7) is 4.45. The van der Waals surface area contributed by atoms with Gasteiger partial charge in [-0.1, -0.05) is 18.7 Å². The molecule has 72 valence electrons. The molecule has 13 heavy (non-hydrogen) atoms. The van der Waals surface area contributed by atoms with Crippen LogP contribution >= 0.6 is 0 Å². The molecule has 1 aromatic rings. The van der Waals surface area contributed by atoms with Crippen LogP contribution < -0.4 is 10.2 Å². The number of hydrogen-bond donors (Lipinski definition) is 1. The molecule has 0 aliphatic carbocycles. The number of anilines is 1. The summed E-state index contributed by atoms with van der Waals surface area (Å²) in [6.07, 6.45) is 1.71. The Kier molecular flexibility index (Phi) is 3.38. The minimum absolute atomic E-state index is 0. The van der Waals surface area contributed by atoms with Crippen LogP contribution in [0.5, 0.6) is 0 Å². The van der Waals surface area contributed by atoms with Gasteiger partial charge in [-0.05, 0) is 23.9 Å². The van der Waals surface area contributed by atoms with E-state index in [4.69, 9.17) is 0 Å². The van der Waals surface area contributed by atoms with Gasteiger partial charge in [0.1, 0.15) is 0 Å². The summed E-state index contributed by atoms with van der Waals surface area (Å²) in [4.78, 5) is 2.09. The first kappa shape index (κ1) is 9.65. The summed E-state index contributed by atoms with van der Waals surface area (Å²) < 4.78 is 0. The Morgan fingerprint density at radius 3 is 2.46 bits per heavy atom. The zero-order valence-corrected chi connectivity index (χ0v) is 8.25. The summed E-state index contributed by atoms with van der Waals surface area (Å²) in [5.41, 5.74) is 2.49.